The van der Waals surface area contributed by atoms with Gasteiger partial charge in [0.2, 0.25) is 0 Å². The van der Waals surface area contributed by atoms with Crippen LogP contribution >= 0.6 is 0 Å². The zero-order valence-electron chi connectivity index (χ0n) is 9.97. The van der Waals surface area contributed by atoms with E-state index in [2.05, 4.69) is 19.2 Å². The zero-order valence-corrected chi connectivity index (χ0v) is 9.97. The molecule has 1 aliphatic rings. The summed E-state index contributed by atoms with van der Waals surface area (Å²) < 4.78 is 5.35. The maximum atomic E-state index is 12.1. The lowest BCUT2D eigenvalue weighted by Crippen LogP contribution is -2.36. The summed E-state index contributed by atoms with van der Waals surface area (Å²) in [6.45, 7) is 7.01. The number of ether oxygens (including phenoxy) is 1. The Hall–Kier alpha value is -0.410. The second kappa shape index (κ2) is 6.23. The summed E-state index contributed by atoms with van der Waals surface area (Å²) in [6, 6.07) is 0. The molecule has 0 amide bonds. The molecule has 0 radical (unpaired) electrons. The van der Waals surface area contributed by atoms with E-state index in [-0.39, 0.29) is 5.41 Å². The first-order valence-corrected chi connectivity index (χ1v) is 6.07. The Kier molecular flexibility index (Phi) is 5.26. The van der Waals surface area contributed by atoms with Crippen molar-refractivity contribution in [3.63, 3.8) is 0 Å². The van der Waals surface area contributed by atoms with Crippen LogP contribution in [-0.4, -0.2) is 32.1 Å². The van der Waals surface area contributed by atoms with E-state index < -0.39 is 0 Å². The van der Waals surface area contributed by atoms with Crippen LogP contribution in [0.4, 0.5) is 0 Å². The van der Waals surface area contributed by atoms with E-state index in [9.17, 15) is 4.79 Å². The first-order chi connectivity index (χ1) is 7.25. The monoisotopic (exact) mass is 213 g/mol. The molecule has 0 aromatic carbocycles. The Labute approximate surface area is 92.6 Å². The van der Waals surface area contributed by atoms with Gasteiger partial charge in [0.1, 0.15) is 6.61 Å². The van der Waals surface area contributed by atoms with Crippen LogP contribution < -0.4 is 5.32 Å². The van der Waals surface area contributed by atoms with Crippen molar-refractivity contribution in [2.45, 2.75) is 39.5 Å². The number of hydrogen-bond donors (Lipinski definition) is 1. The summed E-state index contributed by atoms with van der Waals surface area (Å²) >= 11 is 0. The van der Waals surface area contributed by atoms with E-state index in [1.807, 2.05) is 0 Å². The molecule has 3 nitrogen and oxygen atoms in total. The lowest BCUT2D eigenvalue weighted by molar-refractivity contribution is -0.133. The van der Waals surface area contributed by atoms with Gasteiger partial charge in [0.05, 0.1) is 0 Å². The van der Waals surface area contributed by atoms with Crippen LogP contribution in [0.5, 0.6) is 0 Å². The first-order valence-electron chi connectivity index (χ1n) is 6.07. The van der Waals surface area contributed by atoms with Crippen LogP contribution in [0.15, 0.2) is 0 Å². The third-order valence-electron chi connectivity index (χ3n) is 3.15. The Morgan fingerprint density at radius 2 is 2.20 bits per heavy atom. The van der Waals surface area contributed by atoms with E-state index in [0.29, 0.717) is 19.0 Å². The van der Waals surface area contributed by atoms with Gasteiger partial charge in [-0.2, -0.15) is 0 Å². The highest BCUT2D eigenvalue weighted by Gasteiger charge is 2.39. The molecule has 0 saturated carbocycles. The van der Waals surface area contributed by atoms with Crippen LogP contribution in [0.25, 0.3) is 0 Å². The fourth-order valence-corrected chi connectivity index (χ4v) is 2.28. The molecule has 0 aliphatic carbocycles. The molecule has 0 bridgehead atoms. The minimum Gasteiger partial charge on any atom is -0.374 e. The molecule has 1 aliphatic heterocycles. The van der Waals surface area contributed by atoms with Crippen molar-refractivity contribution in [2.24, 2.45) is 5.41 Å². The molecule has 1 unspecified atom stereocenters. The Morgan fingerprint density at radius 1 is 1.40 bits per heavy atom. The number of hydrogen-bond acceptors (Lipinski definition) is 3. The van der Waals surface area contributed by atoms with Gasteiger partial charge in [0.15, 0.2) is 5.78 Å². The third-order valence-corrected chi connectivity index (χ3v) is 3.15. The summed E-state index contributed by atoms with van der Waals surface area (Å²) in [5.41, 5.74) is -0.123. The highest BCUT2D eigenvalue weighted by atomic mass is 16.5. The molecule has 1 fully saturated rings. The van der Waals surface area contributed by atoms with Gasteiger partial charge < -0.3 is 10.1 Å². The van der Waals surface area contributed by atoms with E-state index in [1.54, 1.807) is 0 Å². The van der Waals surface area contributed by atoms with Crippen LogP contribution in [0.3, 0.4) is 0 Å². The van der Waals surface area contributed by atoms with Gasteiger partial charge in [0.25, 0.3) is 0 Å². The van der Waals surface area contributed by atoms with Crippen molar-refractivity contribution in [3.8, 4) is 0 Å². The summed E-state index contributed by atoms with van der Waals surface area (Å²) in [5.74, 6) is 0.294. The summed E-state index contributed by atoms with van der Waals surface area (Å²) in [7, 11) is 0. The number of Topliss-reactive ketones (excluding diaryl/α,β-unsaturated/α-hetero) is 1. The van der Waals surface area contributed by atoms with Gasteiger partial charge in [-0.1, -0.05) is 20.3 Å². The predicted molar refractivity (Wildman–Crippen MR) is 60.9 cm³/mol. The van der Waals surface area contributed by atoms with Crippen molar-refractivity contribution >= 4 is 5.78 Å². The molecule has 1 rings (SSSR count). The first kappa shape index (κ1) is 12.7. The highest BCUT2D eigenvalue weighted by Crippen LogP contribution is 2.32. The maximum absolute atomic E-state index is 12.1. The van der Waals surface area contributed by atoms with Crippen molar-refractivity contribution in [3.05, 3.63) is 0 Å². The maximum Gasteiger partial charge on any atom is 0.165 e. The lowest BCUT2D eigenvalue weighted by Gasteiger charge is -2.25. The Bertz CT molecular complexity index is 198. The number of nitrogens with one attached hydrogen (secondary N) is 1. The molecule has 0 aromatic heterocycles. The predicted octanol–water partition coefficient (Wildman–Crippen LogP) is 1.76. The average molecular weight is 213 g/mol. The van der Waals surface area contributed by atoms with Gasteiger partial charge in [-0.05, 0) is 25.8 Å². The smallest absolute Gasteiger partial charge is 0.165 e. The summed E-state index contributed by atoms with van der Waals surface area (Å²) in [5, 5.41) is 3.29. The molecule has 0 aromatic rings. The minimum atomic E-state index is -0.123. The number of rotatable bonds is 7. The van der Waals surface area contributed by atoms with Crippen LogP contribution in [-0.2, 0) is 9.53 Å². The van der Waals surface area contributed by atoms with Gasteiger partial charge in [-0.25, -0.2) is 0 Å². The second-order valence-electron chi connectivity index (χ2n) is 4.43. The lowest BCUT2D eigenvalue weighted by atomic mass is 9.79. The van der Waals surface area contributed by atoms with Crippen LogP contribution in [0.2, 0.25) is 0 Å². The van der Waals surface area contributed by atoms with Gasteiger partial charge in [-0.3, -0.25) is 4.79 Å². The minimum absolute atomic E-state index is 0.123. The Morgan fingerprint density at radius 3 is 2.73 bits per heavy atom. The normalized spacial score (nSPS) is 25.7. The number of ketones is 1. The second-order valence-corrected chi connectivity index (χ2v) is 4.43. The highest BCUT2D eigenvalue weighted by molar-refractivity contribution is 5.86. The van der Waals surface area contributed by atoms with Gasteiger partial charge >= 0.3 is 0 Å². The van der Waals surface area contributed by atoms with Crippen LogP contribution in [0, 0.1) is 5.41 Å². The molecule has 1 saturated heterocycles. The fourth-order valence-electron chi connectivity index (χ4n) is 2.28. The molecule has 1 heterocycles. The molecule has 1 atom stereocenters. The fraction of sp³-hybridized carbons (Fsp3) is 0.917. The molecule has 15 heavy (non-hydrogen) atoms. The third kappa shape index (κ3) is 3.28. The average Bonchev–Trinajstić information content (AvgIpc) is 2.68. The summed E-state index contributed by atoms with van der Waals surface area (Å²) in [4.78, 5) is 12.1. The molecule has 0 spiro atoms. The van der Waals surface area contributed by atoms with E-state index in [0.717, 1.165) is 38.8 Å². The standard InChI is InChI=1S/C12H23NO2/c1-3-5-12(6-7-13-10-12)11(14)9-15-8-4-2/h13H,3-10H2,1-2H3. The van der Waals surface area contributed by atoms with Gasteiger partial charge in [0, 0.05) is 18.6 Å². The van der Waals surface area contributed by atoms with Crippen molar-refractivity contribution in [1.29, 1.82) is 0 Å². The Balaban J connectivity index is 2.44. The van der Waals surface area contributed by atoms with E-state index >= 15 is 0 Å². The van der Waals surface area contributed by atoms with Gasteiger partial charge in [-0.15, -0.1) is 0 Å². The molecule has 3 heteroatoms. The summed E-state index contributed by atoms with van der Waals surface area (Å²) in [6.07, 6.45) is 4.02. The van der Waals surface area contributed by atoms with Crippen molar-refractivity contribution < 1.29 is 9.53 Å². The van der Waals surface area contributed by atoms with Crippen molar-refractivity contribution in [1.82, 2.24) is 5.32 Å². The largest absolute Gasteiger partial charge is 0.374 e. The SMILES string of the molecule is CCCOCC(=O)C1(CCC)CCNC1. The zero-order chi connectivity index (χ0) is 11.1. The molecule has 1 N–H and O–H groups in total. The quantitative estimate of drug-likeness (QED) is 0.655. The number of carbonyl (C=O) groups is 1. The topological polar surface area (TPSA) is 38.3 Å². The number of carbonyl (C=O) groups excluding carboxylic acids is 1. The molecular formula is C12H23NO2. The molecule has 88 valence electrons. The van der Waals surface area contributed by atoms with Crippen molar-refractivity contribution in [2.75, 3.05) is 26.3 Å². The van der Waals surface area contributed by atoms with Crippen LogP contribution in [0.1, 0.15) is 39.5 Å². The van der Waals surface area contributed by atoms with E-state index in [4.69, 9.17) is 4.74 Å². The molecular weight excluding hydrogens is 190 g/mol. The van der Waals surface area contributed by atoms with E-state index in [1.165, 1.54) is 0 Å².